The molecule has 282 valence electrons. The molecule has 1 fully saturated rings. The molecule has 1 saturated carbocycles. The first kappa shape index (κ1) is 35.3. The summed E-state index contributed by atoms with van der Waals surface area (Å²) in [5.74, 6) is 3.36. The van der Waals surface area contributed by atoms with Crippen molar-refractivity contribution >= 4 is 16.8 Å². The van der Waals surface area contributed by atoms with Crippen LogP contribution in [0.3, 0.4) is 0 Å². The Morgan fingerprint density at radius 1 is 0.800 bits per heavy atom. The summed E-state index contributed by atoms with van der Waals surface area (Å²) < 4.78 is 74.8. The maximum atomic E-state index is 14.6. The fraction of sp³-hybridized carbons (Fsp3) is 0.319. The van der Waals surface area contributed by atoms with Gasteiger partial charge in [0.25, 0.3) is 0 Å². The van der Waals surface area contributed by atoms with Gasteiger partial charge in [-0.15, -0.1) is 0 Å². The SMILES string of the molecule is C/C=C1\CC(C)(C)CC2(C1)c1cc(C(F)(F)F)ccc1-c1c2c2c(c3cc(OC)c4c(c13)CCO4)OC(c1ccc(OC)cc1)(c1ccc(OC)cc1)C=C2. The molecule has 2 aliphatic heterocycles. The summed E-state index contributed by atoms with van der Waals surface area (Å²) in [4.78, 5) is 0. The minimum absolute atomic E-state index is 0.199. The molecule has 8 heteroatoms. The van der Waals surface area contributed by atoms with Gasteiger partial charge in [0.15, 0.2) is 17.1 Å². The van der Waals surface area contributed by atoms with E-state index in [1.165, 1.54) is 17.7 Å². The first-order valence-electron chi connectivity index (χ1n) is 18.8. The molecule has 55 heavy (non-hydrogen) atoms. The molecule has 5 aromatic carbocycles. The van der Waals surface area contributed by atoms with Crippen LogP contribution in [0.15, 0.2) is 90.5 Å². The van der Waals surface area contributed by atoms with Crippen molar-refractivity contribution in [2.24, 2.45) is 5.41 Å². The fourth-order valence-corrected chi connectivity index (χ4v) is 10.1. The summed E-state index contributed by atoms with van der Waals surface area (Å²) in [7, 11) is 4.91. The van der Waals surface area contributed by atoms with Crippen molar-refractivity contribution in [2.45, 2.75) is 63.6 Å². The molecule has 0 N–H and O–H groups in total. The molecule has 0 bridgehead atoms. The van der Waals surface area contributed by atoms with E-state index < -0.39 is 22.8 Å². The summed E-state index contributed by atoms with van der Waals surface area (Å²) >= 11 is 0. The summed E-state index contributed by atoms with van der Waals surface area (Å²) in [5.41, 5.74) is 5.71. The highest BCUT2D eigenvalue weighted by Crippen LogP contribution is 2.66. The van der Waals surface area contributed by atoms with E-state index in [4.69, 9.17) is 23.7 Å². The molecule has 1 atom stereocenters. The van der Waals surface area contributed by atoms with Gasteiger partial charge >= 0.3 is 6.18 Å². The van der Waals surface area contributed by atoms with Gasteiger partial charge in [-0.3, -0.25) is 0 Å². The van der Waals surface area contributed by atoms with Crippen LogP contribution in [0.4, 0.5) is 13.2 Å². The monoisotopic (exact) mass is 744 g/mol. The summed E-state index contributed by atoms with van der Waals surface area (Å²) in [6, 6.07) is 22.1. The van der Waals surface area contributed by atoms with Crippen molar-refractivity contribution in [1.29, 1.82) is 0 Å². The van der Waals surface area contributed by atoms with Crippen LogP contribution in [0.2, 0.25) is 0 Å². The van der Waals surface area contributed by atoms with Crippen LogP contribution in [0.1, 0.15) is 79.0 Å². The van der Waals surface area contributed by atoms with E-state index in [0.717, 1.165) is 73.2 Å². The minimum Gasteiger partial charge on any atom is -0.497 e. The predicted octanol–water partition coefficient (Wildman–Crippen LogP) is 11.6. The molecule has 5 aromatic rings. The van der Waals surface area contributed by atoms with Crippen molar-refractivity contribution in [2.75, 3.05) is 27.9 Å². The lowest BCUT2D eigenvalue weighted by Gasteiger charge is -2.47. The molecule has 0 radical (unpaired) electrons. The third-order valence-electron chi connectivity index (χ3n) is 12.2. The number of methoxy groups -OCH3 is 3. The number of ether oxygens (including phenoxy) is 5. The van der Waals surface area contributed by atoms with Crippen molar-refractivity contribution < 1.29 is 36.9 Å². The Morgan fingerprint density at radius 3 is 2.07 bits per heavy atom. The molecule has 5 nitrogen and oxygen atoms in total. The van der Waals surface area contributed by atoms with Gasteiger partial charge in [0.05, 0.1) is 33.5 Å². The Bertz CT molecular complexity index is 2390. The molecular formula is C47H43F3O5. The largest absolute Gasteiger partial charge is 0.497 e. The molecule has 0 aromatic heterocycles. The molecular weight excluding hydrogens is 702 g/mol. The highest BCUT2D eigenvalue weighted by molar-refractivity contribution is 6.11. The predicted molar refractivity (Wildman–Crippen MR) is 209 cm³/mol. The maximum absolute atomic E-state index is 14.6. The molecule has 2 heterocycles. The van der Waals surface area contributed by atoms with Gasteiger partial charge in [-0.05, 0) is 102 Å². The molecule has 1 unspecified atom stereocenters. The Kier molecular flexibility index (Phi) is 7.92. The van der Waals surface area contributed by atoms with Crippen LogP contribution in [-0.4, -0.2) is 27.9 Å². The second kappa shape index (κ2) is 12.3. The Morgan fingerprint density at radius 2 is 1.47 bits per heavy atom. The molecule has 1 spiro atoms. The van der Waals surface area contributed by atoms with Crippen molar-refractivity contribution in [3.63, 3.8) is 0 Å². The maximum Gasteiger partial charge on any atom is 0.416 e. The normalized spacial score (nSPS) is 20.7. The second-order valence-electron chi connectivity index (χ2n) is 16.0. The number of alkyl halides is 3. The molecule has 0 saturated heterocycles. The third-order valence-corrected chi connectivity index (χ3v) is 12.2. The number of hydrogen-bond acceptors (Lipinski definition) is 5. The zero-order valence-corrected chi connectivity index (χ0v) is 31.9. The lowest BCUT2D eigenvalue weighted by molar-refractivity contribution is -0.137. The van der Waals surface area contributed by atoms with Crippen molar-refractivity contribution in [3.05, 3.63) is 129 Å². The van der Waals surface area contributed by atoms with E-state index in [9.17, 15) is 13.2 Å². The number of halogens is 3. The van der Waals surface area contributed by atoms with Crippen LogP contribution < -0.4 is 23.7 Å². The lowest BCUT2D eigenvalue weighted by atomic mass is 9.57. The Balaban J connectivity index is 1.42. The molecule has 2 aliphatic carbocycles. The van der Waals surface area contributed by atoms with Gasteiger partial charge in [-0.25, -0.2) is 0 Å². The average Bonchev–Trinajstić information content (AvgIpc) is 3.78. The minimum atomic E-state index is -4.50. The van der Waals surface area contributed by atoms with E-state index in [-0.39, 0.29) is 5.41 Å². The third kappa shape index (κ3) is 5.20. The van der Waals surface area contributed by atoms with Gasteiger partial charge in [-0.2, -0.15) is 13.2 Å². The van der Waals surface area contributed by atoms with Crippen molar-refractivity contribution in [3.8, 4) is 39.9 Å². The van der Waals surface area contributed by atoms with Crippen LogP contribution in [0.25, 0.3) is 28.0 Å². The van der Waals surface area contributed by atoms with Crippen LogP contribution in [-0.2, 0) is 23.6 Å². The van der Waals surface area contributed by atoms with E-state index in [1.54, 1.807) is 27.4 Å². The molecule has 9 rings (SSSR count). The van der Waals surface area contributed by atoms with E-state index >= 15 is 0 Å². The number of hydrogen-bond donors (Lipinski definition) is 0. The lowest BCUT2D eigenvalue weighted by Crippen LogP contribution is -2.39. The van der Waals surface area contributed by atoms with E-state index in [2.05, 4.69) is 32.1 Å². The zero-order chi connectivity index (χ0) is 38.5. The van der Waals surface area contributed by atoms with Gasteiger partial charge < -0.3 is 23.7 Å². The first-order valence-corrected chi connectivity index (χ1v) is 18.8. The van der Waals surface area contributed by atoms with Crippen LogP contribution in [0.5, 0.6) is 28.7 Å². The zero-order valence-electron chi connectivity index (χ0n) is 31.9. The van der Waals surface area contributed by atoms with E-state index in [0.29, 0.717) is 43.1 Å². The highest BCUT2D eigenvalue weighted by Gasteiger charge is 2.54. The van der Waals surface area contributed by atoms with Crippen LogP contribution >= 0.6 is 0 Å². The fourth-order valence-electron chi connectivity index (χ4n) is 10.1. The summed E-state index contributed by atoms with van der Waals surface area (Å²) in [6.45, 7) is 6.98. The van der Waals surface area contributed by atoms with Crippen molar-refractivity contribution in [1.82, 2.24) is 0 Å². The van der Waals surface area contributed by atoms with Gasteiger partial charge in [-0.1, -0.05) is 61.9 Å². The smallest absolute Gasteiger partial charge is 0.416 e. The Hall–Kier alpha value is -5.37. The van der Waals surface area contributed by atoms with Crippen LogP contribution in [0, 0.1) is 5.41 Å². The number of rotatable bonds is 5. The van der Waals surface area contributed by atoms with Gasteiger partial charge in [0.2, 0.25) is 0 Å². The quantitative estimate of drug-likeness (QED) is 0.168. The summed E-state index contributed by atoms with van der Waals surface area (Å²) in [5, 5.41) is 1.77. The number of allylic oxidation sites excluding steroid dienone is 2. The standard InChI is InChI=1S/C47H43F3O5/c1-7-27-24-44(2,3)26-45(25-27)37-22-30(47(48,49)50)12-17-33(37)40-39-34-19-21-54-43(34)38(53-6)23-36(39)42-35(41(40)45)18-20-46(55-42,28-8-13-31(51-4)14-9-28)29-10-15-32(52-5)16-11-29/h7-18,20,22-23H,19,21,24-26H2,1-6H3/b27-7+. The highest BCUT2D eigenvalue weighted by atomic mass is 19.4. The number of benzene rings is 5. The molecule has 4 aliphatic rings. The average molecular weight is 745 g/mol. The van der Waals surface area contributed by atoms with Gasteiger partial charge in [0.1, 0.15) is 17.2 Å². The second-order valence-corrected chi connectivity index (χ2v) is 16.0. The topological polar surface area (TPSA) is 46.2 Å². The molecule has 0 amide bonds. The summed E-state index contributed by atoms with van der Waals surface area (Å²) in [6.07, 6.45) is 4.68. The van der Waals surface area contributed by atoms with E-state index in [1.807, 2.05) is 61.5 Å². The Labute approximate surface area is 319 Å². The number of fused-ring (bicyclic) bond motifs is 12. The first-order chi connectivity index (χ1) is 26.4. The van der Waals surface area contributed by atoms with Gasteiger partial charge in [0, 0.05) is 44.9 Å².